The van der Waals surface area contributed by atoms with Crippen LogP contribution in [-0.2, 0) is 4.79 Å². The van der Waals surface area contributed by atoms with E-state index in [1.165, 1.54) is 26.4 Å². The highest BCUT2D eigenvalue weighted by Gasteiger charge is 2.10. The Bertz CT molecular complexity index is 843. The first-order chi connectivity index (χ1) is 13.4. The van der Waals surface area contributed by atoms with Gasteiger partial charge in [-0.2, -0.15) is 0 Å². The average Bonchev–Trinajstić information content (AvgIpc) is 2.70. The van der Waals surface area contributed by atoms with Gasteiger partial charge in [-0.1, -0.05) is 6.07 Å². The normalized spacial score (nSPS) is 10.1. The molecule has 0 spiro atoms. The van der Waals surface area contributed by atoms with Gasteiger partial charge in [-0.3, -0.25) is 9.59 Å². The zero-order valence-electron chi connectivity index (χ0n) is 15.7. The van der Waals surface area contributed by atoms with E-state index in [9.17, 15) is 14.4 Å². The summed E-state index contributed by atoms with van der Waals surface area (Å²) < 4.78 is 10.3. The van der Waals surface area contributed by atoms with E-state index < -0.39 is 5.97 Å². The van der Waals surface area contributed by atoms with Crippen molar-refractivity contribution in [3.05, 3.63) is 53.6 Å². The molecule has 0 aliphatic heterocycles. The van der Waals surface area contributed by atoms with E-state index >= 15 is 0 Å². The standard InChI is InChI=1S/C20H22N2O6/c1-27-16-10-14(11-17(12-16)28-2)19(24)21-8-4-7-18(23)22-15-6-3-5-13(9-15)20(25)26/h3,5-6,9-12H,4,7-8H2,1-2H3,(H,21,24)(H,22,23)(H,25,26). The van der Waals surface area contributed by atoms with Gasteiger partial charge in [0.1, 0.15) is 11.5 Å². The second-order valence-electron chi connectivity index (χ2n) is 5.89. The number of hydrogen-bond acceptors (Lipinski definition) is 5. The summed E-state index contributed by atoms with van der Waals surface area (Å²) in [6, 6.07) is 10.9. The largest absolute Gasteiger partial charge is 0.497 e. The van der Waals surface area contributed by atoms with E-state index in [0.29, 0.717) is 35.7 Å². The minimum absolute atomic E-state index is 0.0961. The van der Waals surface area contributed by atoms with Gasteiger partial charge in [-0.25, -0.2) is 4.79 Å². The van der Waals surface area contributed by atoms with Crippen LogP contribution in [0.1, 0.15) is 33.6 Å². The van der Waals surface area contributed by atoms with E-state index in [2.05, 4.69) is 10.6 Å². The summed E-state index contributed by atoms with van der Waals surface area (Å²) in [4.78, 5) is 35.2. The van der Waals surface area contributed by atoms with Gasteiger partial charge in [0, 0.05) is 30.3 Å². The van der Waals surface area contributed by atoms with Crippen LogP contribution in [0, 0.1) is 0 Å². The van der Waals surface area contributed by atoms with Crippen LogP contribution in [0.15, 0.2) is 42.5 Å². The third kappa shape index (κ3) is 6.01. The molecule has 0 atom stereocenters. The Balaban J connectivity index is 1.80. The van der Waals surface area contributed by atoms with Gasteiger partial charge in [0.05, 0.1) is 19.8 Å². The molecule has 8 nitrogen and oxygen atoms in total. The van der Waals surface area contributed by atoms with E-state index in [0.717, 1.165) is 0 Å². The van der Waals surface area contributed by atoms with Crippen molar-refractivity contribution in [3.63, 3.8) is 0 Å². The first-order valence-electron chi connectivity index (χ1n) is 8.57. The smallest absolute Gasteiger partial charge is 0.335 e. The summed E-state index contributed by atoms with van der Waals surface area (Å²) in [5, 5.41) is 14.3. The van der Waals surface area contributed by atoms with Gasteiger partial charge in [0.15, 0.2) is 0 Å². The maximum absolute atomic E-state index is 12.2. The highest BCUT2D eigenvalue weighted by atomic mass is 16.5. The molecular formula is C20H22N2O6. The molecular weight excluding hydrogens is 364 g/mol. The van der Waals surface area contributed by atoms with Crippen LogP contribution < -0.4 is 20.1 Å². The number of anilines is 1. The number of rotatable bonds is 9. The van der Waals surface area contributed by atoms with Crippen LogP contribution in [0.2, 0.25) is 0 Å². The number of carboxylic acids is 1. The number of aromatic carboxylic acids is 1. The third-order valence-electron chi connectivity index (χ3n) is 3.87. The topological polar surface area (TPSA) is 114 Å². The van der Waals surface area contributed by atoms with Gasteiger partial charge in [-0.15, -0.1) is 0 Å². The fraction of sp³-hybridized carbons (Fsp3) is 0.250. The summed E-state index contributed by atoms with van der Waals surface area (Å²) in [7, 11) is 3.00. The van der Waals surface area contributed by atoms with E-state index in [-0.39, 0.29) is 23.8 Å². The molecule has 2 rings (SSSR count). The molecule has 0 aliphatic carbocycles. The summed E-state index contributed by atoms with van der Waals surface area (Å²) in [6.07, 6.45) is 0.607. The summed E-state index contributed by atoms with van der Waals surface area (Å²) in [6.45, 7) is 0.306. The second-order valence-corrected chi connectivity index (χ2v) is 5.89. The number of methoxy groups -OCH3 is 2. The van der Waals surface area contributed by atoms with Gasteiger partial charge in [0.2, 0.25) is 5.91 Å². The maximum atomic E-state index is 12.2. The van der Waals surface area contributed by atoms with Crippen LogP contribution in [0.3, 0.4) is 0 Å². The van der Waals surface area contributed by atoms with Crippen molar-refractivity contribution in [2.24, 2.45) is 0 Å². The van der Waals surface area contributed by atoms with Crippen molar-refractivity contribution in [1.82, 2.24) is 5.32 Å². The lowest BCUT2D eigenvalue weighted by Gasteiger charge is -2.09. The molecule has 28 heavy (non-hydrogen) atoms. The summed E-state index contributed by atoms with van der Waals surface area (Å²) >= 11 is 0. The molecule has 2 amide bonds. The van der Waals surface area contributed by atoms with Gasteiger partial charge < -0.3 is 25.2 Å². The number of benzene rings is 2. The molecule has 3 N–H and O–H groups in total. The van der Waals surface area contributed by atoms with Crippen LogP contribution in [0.5, 0.6) is 11.5 Å². The van der Waals surface area contributed by atoms with Crippen molar-refractivity contribution < 1.29 is 29.0 Å². The zero-order valence-corrected chi connectivity index (χ0v) is 15.7. The SMILES string of the molecule is COc1cc(OC)cc(C(=O)NCCCC(=O)Nc2cccc(C(=O)O)c2)c1. The molecule has 0 unspecified atom stereocenters. The first kappa shape index (κ1) is 20.8. The highest BCUT2D eigenvalue weighted by Crippen LogP contribution is 2.22. The van der Waals surface area contributed by atoms with Crippen molar-refractivity contribution in [2.45, 2.75) is 12.8 Å². The summed E-state index contributed by atoms with van der Waals surface area (Å²) in [5.41, 5.74) is 0.905. The minimum Gasteiger partial charge on any atom is -0.497 e. The van der Waals surface area contributed by atoms with E-state index in [4.69, 9.17) is 14.6 Å². The van der Waals surface area contributed by atoms with Crippen LogP contribution in [-0.4, -0.2) is 43.7 Å². The molecule has 148 valence electrons. The van der Waals surface area contributed by atoms with Gasteiger partial charge in [0.25, 0.3) is 5.91 Å². The van der Waals surface area contributed by atoms with Gasteiger partial charge >= 0.3 is 5.97 Å². The minimum atomic E-state index is -1.06. The maximum Gasteiger partial charge on any atom is 0.335 e. The summed E-state index contributed by atoms with van der Waals surface area (Å²) in [5.74, 6) is -0.612. The molecule has 0 radical (unpaired) electrons. The molecule has 2 aromatic carbocycles. The van der Waals surface area contributed by atoms with Gasteiger partial charge in [-0.05, 0) is 36.8 Å². The number of carbonyl (C=O) groups excluding carboxylic acids is 2. The lowest BCUT2D eigenvalue weighted by Crippen LogP contribution is -2.25. The van der Waals surface area contributed by atoms with E-state index in [1.54, 1.807) is 30.3 Å². The zero-order chi connectivity index (χ0) is 20.5. The van der Waals surface area contributed by atoms with E-state index in [1.807, 2.05) is 0 Å². The molecule has 0 aliphatic rings. The third-order valence-corrected chi connectivity index (χ3v) is 3.87. The molecule has 0 saturated carbocycles. The number of ether oxygens (including phenoxy) is 2. The lowest BCUT2D eigenvalue weighted by atomic mass is 10.1. The Morgan fingerprint density at radius 1 is 0.964 bits per heavy atom. The molecule has 8 heteroatoms. The second kappa shape index (κ2) is 9.96. The van der Waals surface area contributed by atoms with Crippen LogP contribution in [0.25, 0.3) is 0 Å². The molecule has 2 aromatic rings. The molecule has 0 aromatic heterocycles. The van der Waals surface area contributed by atoms with Crippen molar-refractivity contribution >= 4 is 23.5 Å². The number of nitrogens with one attached hydrogen (secondary N) is 2. The number of carbonyl (C=O) groups is 3. The Morgan fingerprint density at radius 3 is 2.25 bits per heavy atom. The van der Waals surface area contributed by atoms with Crippen molar-refractivity contribution in [3.8, 4) is 11.5 Å². The number of carboxylic acid groups (broad SMARTS) is 1. The Morgan fingerprint density at radius 2 is 1.64 bits per heavy atom. The fourth-order valence-electron chi connectivity index (χ4n) is 2.44. The van der Waals surface area contributed by atoms with Crippen LogP contribution >= 0.6 is 0 Å². The number of hydrogen-bond donors (Lipinski definition) is 3. The molecule has 0 heterocycles. The molecule has 0 bridgehead atoms. The highest BCUT2D eigenvalue weighted by molar-refractivity contribution is 5.95. The Hall–Kier alpha value is -3.55. The van der Waals surface area contributed by atoms with Crippen LogP contribution in [0.4, 0.5) is 5.69 Å². The first-order valence-corrected chi connectivity index (χ1v) is 8.57. The number of amides is 2. The van der Waals surface area contributed by atoms with Crippen molar-refractivity contribution in [2.75, 3.05) is 26.1 Å². The monoisotopic (exact) mass is 386 g/mol. The van der Waals surface area contributed by atoms with Crippen molar-refractivity contribution in [1.29, 1.82) is 0 Å². The Kier molecular flexibility index (Phi) is 7.38. The quantitative estimate of drug-likeness (QED) is 0.571. The molecule has 0 saturated heterocycles. The molecule has 0 fully saturated rings. The Labute approximate surface area is 162 Å². The predicted molar refractivity (Wildman–Crippen MR) is 103 cm³/mol. The average molecular weight is 386 g/mol. The lowest BCUT2D eigenvalue weighted by molar-refractivity contribution is -0.116. The predicted octanol–water partition coefficient (Wildman–Crippen LogP) is 2.55. The fourth-order valence-corrected chi connectivity index (χ4v) is 2.44.